The third-order valence-electron chi connectivity index (χ3n) is 3.74. The Labute approximate surface area is 123 Å². The zero-order chi connectivity index (χ0) is 13.9. The van der Waals surface area contributed by atoms with E-state index < -0.39 is 0 Å². The van der Waals surface area contributed by atoms with Crippen molar-refractivity contribution in [2.24, 2.45) is 0 Å². The van der Waals surface area contributed by atoms with Crippen LogP contribution in [0.5, 0.6) is 0 Å². The fourth-order valence-electron chi connectivity index (χ4n) is 2.75. The molecule has 1 unspecified atom stereocenters. The van der Waals surface area contributed by atoms with E-state index >= 15 is 0 Å². The Kier molecular flexibility index (Phi) is 3.89. The number of benzene rings is 1. The molecule has 0 radical (unpaired) electrons. The lowest BCUT2D eigenvalue weighted by Crippen LogP contribution is -2.39. The van der Waals surface area contributed by atoms with Crippen LogP contribution < -0.4 is 11.1 Å². The third-order valence-corrected chi connectivity index (χ3v) is 4.53. The monoisotopic (exact) mass is 288 g/mol. The molecule has 106 valence electrons. The maximum Gasteiger partial charge on any atom is 0.147 e. The predicted molar refractivity (Wildman–Crippen MR) is 86.1 cm³/mol. The summed E-state index contributed by atoms with van der Waals surface area (Å²) in [6.45, 7) is 2.26. The molecule has 1 aromatic carbocycles. The molecule has 0 bridgehead atoms. The summed E-state index contributed by atoms with van der Waals surface area (Å²) in [5.41, 5.74) is 8.23. The minimum absolute atomic E-state index is 0.482. The lowest BCUT2D eigenvalue weighted by molar-refractivity contribution is 0.261. The molecule has 2 aromatic rings. The van der Waals surface area contributed by atoms with Crippen molar-refractivity contribution >= 4 is 22.4 Å². The van der Waals surface area contributed by atoms with Crippen LogP contribution in [0.25, 0.3) is 11.1 Å². The first-order valence-electron chi connectivity index (χ1n) is 6.99. The number of nitrogens with one attached hydrogen (secondary N) is 1. The van der Waals surface area contributed by atoms with Crippen LogP contribution in [0.3, 0.4) is 0 Å². The molecule has 0 aliphatic carbocycles. The number of aromatic nitrogens is 1. The molecular weight excluding hydrogens is 268 g/mol. The summed E-state index contributed by atoms with van der Waals surface area (Å²) >= 11 is 1.46. The van der Waals surface area contributed by atoms with Gasteiger partial charge in [-0.25, -0.2) is 0 Å². The van der Waals surface area contributed by atoms with Crippen molar-refractivity contribution in [3.8, 4) is 11.1 Å². The summed E-state index contributed by atoms with van der Waals surface area (Å²) in [5, 5.41) is 4.73. The number of nitrogens with zero attached hydrogens (tertiary/aromatic N) is 2. The van der Waals surface area contributed by atoms with Crippen molar-refractivity contribution < 1.29 is 0 Å². The number of likely N-dealkylation sites (N-methyl/N-ethyl adjacent to an activating group) is 1. The van der Waals surface area contributed by atoms with Gasteiger partial charge in [0.1, 0.15) is 10.8 Å². The van der Waals surface area contributed by atoms with Crippen LogP contribution >= 0.6 is 11.5 Å². The molecule has 1 aromatic heterocycles. The maximum absolute atomic E-state index is 6.05. The van der Waals surface area contributed by atoms with Gasteiger partial charge in [-0.05, 0) is 43.5 Å². The molecule has 3 N–H and O–H groups in total. The normalized spacial score (nSPS) is 19.9. The Balaban J connectivity index is 1.84. The maximum atomic E-state index is 6.05. The molecule has 1 fully saturated rings. The van der Waals surface area contributed by atoms with Crippen LogP contribution in [0.4, 0.5) is 10.8 Å². The lowest BCUT2D eigenvalue weighted by atomic mass is 10.1. The Morgan fingerprint density at radius 3 is 2.90 bits per heavy atom. The molecule has 1 aliphatic heterocycles. The van der Waals surface area contributed by atoms with Crippen molar-refractivity contribution in [3.63, 3.8) is 0 Å². The van der Waals surface area contributed by atoms with Crippen LogP contribution in [0.15, 0.2) is 30.3 Å². The second-order valence-electron chi connectivity index (χ2n) is 5.38. The van der Waals surface area contributed by atoms with Crippen LogP contribution in [0.2, 0.25) is 0 Å². The van der Waals surface area contributed by atoms with Gasteiger partial charge < -0.3 is 16.0 Å². The number of nitrogens with two attached hydrogens (primary N) is 1. The fourth-order valence-corrected chi connectivity index (χ4v) is 3.57. The van der Waals surface area contributed by atoms with Crippen molar-refractivity contribution in [1.82, 2.24) is 9.27 Å². The highest BCUT2D eigenvalue weighted by Gasteiger charge is 2.20. The summed E-state index contributed by atoms with van der Waals surface area (Å²) in [7, 11) is 2.17. The number of nitrogen functional groups attached to an aromatic ring is 1. The molecular formula is C15H20N4S. The van der Waals surface area contributed by atoms with E-state index in [2.05, 4.69) is 33.8 Å². The second-order valence-corrected chi connectivity index (χ2v) is 6.16. The highest BCUT2D eigenvalue weighted by molar-refractivity contribution is 7.11. The summed E-state index contributed by atoms with van der Waals surface area (Å²) < 4.78 is 4.32. The van der Waals surface area contributed by atoms with Gasteiger partial charge in [0.15, 0.2) is 0 Å². The average Bonchev–Trinajstić information content (AvgIpc) is 2.81. The molecule has 0 spiro atoms. The van der Waals surface area contributed by atoms with E-state index in [1.54, 1.807) is 0 Å². The second kappa shape index (κ2) is 5.81. The van der Waals surface area contributed by atoms with Crippen molar-refractivity contribution in [1.29, 1.82) is 0 Å². The zero-order valence-corrected chi connectivity index (χ0v) is 12.5. The van der Waals surface area contributed by atoms with Crippen molar-refractivity contribution in [3.05, 3.63) is 30.3 Å². The minimum Gasteiger partial charge on any atom is -0.382 e. The highest BCUT2D eigenvalue weighted by Crippen LogP contribution is 2.37. The third kappa shape index (κ3) is 2.78. The standard InChI is InChI=1S/C15H20N4S/c1-19-9-5-8-12(10-19)17-15-13(14(16)18-20-15)11-6-3-2-4-7-11/h2-4,6-7,12,17H,5,8-10H2,1H3,(H2,16,18). The Bertz CT molecular complexity index is 567. The Morgan fingerprint density at radius 1 is 1.35 bits per heavy atom. The quantitative estimate of drug-likeness (QED) is 0.912. The lowest BCUT2D eigenvalue weighted by Gasteiger charge is -2.30. The molecule has 0 saturated carbocycles. The zero-order valence-electron chi connectivity index (χ0n) is 11.7. The van der Waals surface area contributed by atoms with Crippen LogP contribution in [0.1, 0.15) is 12.8 Å². The van der Waals surface area contributed by atoms with E-state index in [4.69, 9.17) is 5.73 Å². The molecule has 4 nitrogen and oxygen atoms in total. The fraction of sp³-hybridized carbons (Fsp3) is 0.400. The van der Waals surface area contributed by atoms with Crippen LogP contribution in [-0.2, 0) is 0 Å². The van der Waals surface area contributed by atoms with Gasteiger partial charge in [-0.2, -0.15) is 4.37 Å². The molecule has 1 aliphatic rings. The summed E-state index contributed by atoms with van der Waals surface area (Å²) in [5.74, 6) is 0.618. The number of piperidine rings is 1. The van der Waals surface area contributed by atoms with E-state index in [-0.39, 0.29) is 0 Å². The van der Waals surface area contributed by atoms with E-state index in [9.17, 15) is 0 Å². The van der Waals surface area contributed by atoms with E-state index in [1.807, 2.05) is 18.2 Å². The smallest absolute Gasteiger partial charge is 0.147 e. The first-order valence-corrected chi connectivity index (χ1v) is 7.77. The molecule has 1 atom stereocenters. The molecule has 1 saturated heterocycles. The summed E-state index contributed by atoms with van der Waals surface area (Å²) in [6.07, 6.45) is 2.44. The van der Waals surface area contributed by atoms with Gasteiger partial charge in [-0.15, -0.1) is 0 Å². The highest BCUT2D eigenvalue weighted by atomic mass is 32.1. The number of rotatable bonds is 3. The Morgan fingerprint density at radius 2 is 2.15 bits per heavy atom. The SMILES string of the molecule is CN1CCCC(Nc2snc(N)c2-c2ccccc2)C1. The van der Waals surface area contributed by atoms with Gasteiger partial charge in [-0.1, -0.05) is 30.3 Å². The average molecular weight is 288 g/mol. The minimum atomic E-state index is 0.482. The number of anilines is 2. The van der Waals surface area contributed by atoms with Crippen LogP contribution in [0, 0.1) is 0 Å². The first kappa shape index (κ1) is 13.4. The molecule has 0 amide bonds. The number of hydrogen-bond donors (Lipinski definition) is 2. The van der Waals surface area contributed by atoms with E-state index in [0.717, 1.165) is 22.7 Å². The summed E-state index contributed by atoms with van der Waals surface area (Å²) in [4.78, 5) is 2.37. The van der Waals surface area contributed by atoms with Gasteiger partial charge in [-0.3, -0.25) is 0 Å². The van der Waals surface area contributed by atoms with Gasteiger partial charge in [0, 0.05) is 12.6 Å². The topological polar surface area (TPSA) is 54.2 Å². The molecule has 3 rings (SSSR count). The molecule has 5 heteroatoms. The van der Waals surface area contributed by atoms with Gasteiger partial charge in [0.05, 0.1) is 5.56 Å². The largest absolute Gasteiger partial charge is 0.382 e. The molecule has 20 heavy (non-hydrogen) atoms. The van der Waals surface area contributed by atoms with Crippen molar-refractivity contribution in [2.45, 2.75) is 18.9 Å². The summed E-state index contributed by atoms with van der Waals surface area (Å²) in [6, 6.07) is 10.7. The first-order chi connectivity index (χ1) is 9.74. The van der Waals surface area contributed by atoms with E-state index in [1.165, 1.54) is 30.9 Å². The number of hydrogen-bond acceptors (Lipinski definition) is 5. The predicted octanol–water partition coefficient (Wildman–Crippen LogP) is 2.90. The van der Waals surface area contributed by atoms with Gasteiger partial charge in [0.25, 0.3) is 0 Å². The van der Waals surface area contributed by atoms with Gasteiger partial charge in [0.2, 0.25) is 0 Å². The van der Waals surface area contributed by atoms with Gasteiger partial charge >= 0.3 is 0 Å². The number of likely N-dealkylation sites (tertiary alicyclic amines) is 1. The molecule has 2 heterocycles. The van der Waals surface area contributed by atoms with E-state index in [0.29, 0.717) is 11.9 Å². The van der Waals surface area contributed by atoms with Crippen molar-refractivity contribution in [2.75, 3.05) is 31.2 Å². The van der Waals surface area contributed by atoms with Crippen LogP contribution in [-0.4, -0.2) is 35.5 Å². The Hall–Kier alpha value is -1.59.